The highest BCUT2D eigenvalue weighted by atomic mass is 16.5. The lowest BCUT2D eigenvalue weighted by molar-refractivity contribution is 0.0954. The number of methoxy groups -OCH3 is 2. The average molecular weight is 312 g/mol. The number of nitrogens with one attached hydrogen (secondary N) is 1. The van der Waals surface area contributed by atoms with Crippen LogP contribution in [0.2, 0.25) is 0 Å². The molecule has 0 bridgehead atoms. The van der Waals surface area contributed by atoms with Crippen LogP contribution in [-0.4, -0.2) is 25.8 Å². The molecule has 0 saturated carbocycles. The first-order valence-corrected chi connectivity index (χ1v) is 7.19. The molecule has 1 N–H and O–H groups in total. The Kier molecular flexibility index (Phi) is 5.36. The van der Waals surface area contributed by atoms with Crippen molar-refractivity contribution in [2.24, 2.45) is 5.10 Å². The molecule has 0 saturated heterocycles. The van der Waals surface area contributed by atoms with E-state index in [-0.39, 0.29) is 5.91 Å². The van der Waals surface area contributed by atoms with Gasteiger partial charge in [-0.25, -0.2) is 5.43 Å². The zero-order valence-corrected chi connectivity index (χ0v) is 13.7. The number of rotatable bonds is 5. The number of hydrogen-bond donors (Lipinski definition) is 1. The van der Waals surface area contributed by atoms with Gasteiger partial charge >= 0.3 is 0 Å². The maximum absolute atomic E-state index is 12.1. The van der Waals surface area contributed by atoms with Gasteiger partial charge in [0.15, 0.2) is 11.5 Å². The highest BCUT2D eigenvalue weighted by Gasteiger charge is 2.08. The molecule has 5 nitrogen and oxygen atoms in total. The Morgan fingerprint density at radius 3 is 2.39 bits per heavy atom. The van der Waals surface area contributed by atoms with Crippen LogP contribution in [-0.2, 0) is 0 Å². The SMILES string of the molecule is COc1ccc(/C(C)=N/NC(=O)c2cccc(C)c2)cc1OC. The van der Waals surface area contributed by atoms with E-state index < -0.39 is 0 Å². The van der Waals surface area contributed by atoms with Crippen LogP contribution in [0.3, 0.4) is 0 Å². The van der Waals surface area contributed by atoms with Crippen LogP contribution >= 0.6 is 0 Å². The summed E-state index contributed by atoms with van der Waals surface area (Å²) in [6.45, 7) is 3.76. The number of carbonyl (C=O) groups excluding carboxylic acids is 1. The molecule has 2 rings (SSSR count). The summed E-state index contributed by atoms with van der Waals surface area (Å²) in [5.74, 6) is 1.02. The first kappa shape index (κ1) is 16.5. The Balaban J connectivity index is 2.15. The quantitative estimate of drug-likeness (QED) is 0.681. The number of amides is 1. The molecule has 0 aliphatic rings. The lowest BCUT2D eigenvalue weighted by atomic mass is 10.1. The molecule has 5 heteroatoms. The van der Waals surface area contributed by atoms with E-state index in [0.29, 0.717) is 22.8 Å². The first-order chi connectivity index (χ1) is 11.0. The molecular formula is C18H20N2O3. The largest absolute Gasteiger partial charge is 0.493 e. The van der Waals surface area contributed by atoms with Crippen LogP contribution in [0.25, 0.3) is 0 Å². The normalized spacial score (nSPS) is 11.0. The molecule has 0 aliphatic heterocycles. The van der Waals surface area contributed by atoms with E-state index in [4.69, 9.17) is 9.47 Å². The first-order valence-electron chi connectivity index (χ1n) is 7.19. The van der Waals surface area contributed by atoms with Crippen LogP contribution in [0.15, 0.2) is 47.6 Å². The summed E-state index contributed by atoms with van der Waals surface area (Å²) in [5, 5.41) is 4.15. The van der Waals surface area contributed by atoms with E-state index in [1.54, 1.807) is 26.4 Å². The summed E-state index contributed by atoms with van der Waals surface area (Å²) >= 11 is 0. The van der Waals surface area contributed by atoms with E-state index in [2.05, 4.69) is 10.5 Å². The van der Waals surface area contributed by atoms with Crippen LogP contribution < -0.4 is 14.9 Å². The average Bonchev–Trinajstić information content (AvgIpc) is 2.58. The van der Waals surface area contributed by atoms with Gasteiger partial charge in [-0.15, -0.1) is 0 Å². The zero-order chi connectivity index (χ0) is 16.8. The summed E-state index contributed by atoms with van der Waals surface area (Å²) < 4.78 is 10.5. The van der Waals surface area contributed by atoms with Gasteiger partial charge in [0.1, 0.15) is 0 Å². The van der Waals surface area contributed by atoms with E-state index in [1.165, 1.54) is 0 Å². The number of hydrazone groups is 1. The second-order valence-corrected chi connectivity index (χ2v) is 5.08. The molecule has 0 aliphatic carbocycles. The maximum Gasteiger partial charge on any atom is 0.271 e. The number of nitrogens with zero attached hydrogens (tertiary/aromatic N) is 1. The van der Waals surface area contributed by atoms with Gasteiger partial charge in [-0.1, -0.05) is 17.7 Å². The fourth-order valence-electron chi connectivity index (χ4n) is 2.11. The molecule has 0 unspecified atom stereocenters. The third kappa shape index (κ3) is 4.10. The summed E-state index contributed by atoms with van der Waals surface area (Å²) in [6, 6.07) is 12.8. The number of hydrogen-bond acceptors (Lipinski definition) is 4. The molecule has 120 valence electrons. The molecule has 2 aromatic carbocycles. The van der Waals surface area contributed by atoms with Crippen molar-refractivity contribution < 1.29 is 14.3 Å². The predicted octanol–water partition coefficient (Wildman–Crippen LogP) is 3.17. The van der Waals surface area contributed by atoms with E-state index in [0.717, 1.165) is 11.1 Å². The van der Waals surface area contributed by atoms with Gasteiger partial charge in [0, 0.05) is 11.1 Å². The third-order valence-electron chi connectivity index (χ3n) is 3.41. The minimum absolute atomic E-state index is 0.242. The van der Waals surface area contributed by atoms with Gasteiger partial charge in [0.05, 0.1) is 19.9 Å². The van der Waals surface area contributed by atoms with Crippen LogP contribution in [0, 0.1) is 6.92 Å². The third-order valence-corrected chi connectivity index (χ3v) is 3.41. The Morgan fingerprint density at radius 2 is 1.74 bits per heavy atom. The Hall–Kier alpha value is -2.82. The molecule has 1 amide bonds. The molecular weight excluding hydrogens is 292 g/mol. The van der Waals surface area contributed by atoms with Gasteiger partial charge in [-0.3, -0.25) is 4.79 Å². The fraction of sp³-hybridized carbons (Fsp3) is 0.222. The molecule has 0 spiro atoms. The van der Waals surface area contributed by atoms with Crippen molar-refractivity contribution in [3.05, 3.63) is 59.2 Å². The van der Waals surface area contributed by atoms with Gasteiger partial charge in [-0.2, -0.15) is 5.10 Å². The monoisotopic (exact) mass is 312 g/mol. The number of benzene rings is 2. The van der Waals surface area contributed by atoms with Gasteiger partial charge in [0.2, 0.25) is 0 Å². The molecule has 0 radical (unpaired) electrons. The highest BCUT2D eigenvalue weighted by Crippen LogP contribution is 2.27. The topological polar surface area (TPSA) is 59.9 Å². The summed E-state index contributed by atoms with van der Waals surface area (Å²) in [7, 11) is 3.16. The Labute approximate surface area is 135 Å². The summed E-state index contributed by atoms with van der Waals surface area (Å²) in [5.41, 5.74) is 5.68. The van der Waals surface area contributed by atoms with E-state index in [9.17, 15) is 4.79 Å². The van der Waals surface area contributed by atoms with Gasteiger partial charge < -0.3 is 9.47 Å². The molecule has 0 atom stereocenters. The lowest BCUT2D eigenvalue weighted by Gasteiger charge is -2.09. The van der Waals surface area contributed by atoms with Crippen molar-refractivity contribution >= 4 is 11.6 Å². The van der Waals surface area contributed by atoms with Crippen molar-refractivity contribution in [3.8, 4) is 11.5 Å². The number of aryl methyl sites for hydroxylation is 1. The van der Waals surface area contributed by atoms with Gasteiger partial charge in [-0.05, 0) is 44.2 Å². The Morgan fingerprint density at radius 1 is 1.00 bits per heavy atom. The second-order valence-electron chi connectivity index (χ2n) is 5.08. The number of ether oxygens (including phenoxy) is 2. The van der Waals surface area contributed by atoms with Gasteiger partial charge in [0.25, 0.3) is 5.91 Å². The van der Waals surface area contributed by atoms with Crippen LogP contribution in [0.4, 0.5) is 0 Å². The lowest BCUT2D eigenvalue weighted by Crippen LogP contribution is -2.19. The van der Waals surface area contributed by atoms with Crippen molar-refractivity contribution in [1.82, 2.24) is 5.43 Å². The van der Waals surface area contributed by atoms with Crippen molar-refractivity contribution in [3.63, 3.8) is 0 Å². The predicted molar refractivity (Wildman–Crippen MR) is 90.4 cm³/mol. The summed E-state index contributed by atoms with van der Waals surface area (Å²) in [4.78, 5) is 12.1. The molecule has 0 heterocycles. The smallest absolute Gasteiger partial charge is 0.271 e. The van der Waals surface area contributed by atoms with Crippen molar-refractivity contribution in [2.75, 3.05) is 14.2 Å². The molecule has 23 heavy (non-hydrogen) atoms. The molecule has 0 aromatic heterocycles. The van der Waals surface area contributed by atoms with Crippen molar-refractivity contribution in [2.45, 2.75) is 13.8 Å². The molecule has 0 fully saturated rings. The highest BCUT2D eigenvalue weighted by molar-refractivity contribution is 6.01. The Bertz CT molecular complexity index is 739. The standard InChI is InChI=1S/C18H20N2O3/c1-12-6-5-7-15(10-12)18(21)20-19-13(2)14-8-9-16(22-3)17(11-14)23-4/h5-11H,1-4H3,(H,20,21)/b19-13+. The van der Waals surface area contributed by atoms with Crippen LogP contribution in [0.1, 0.15) is 28.4 Å². The fourth-order valence-corrected chi connectivity index (χ4v) is 2.11. The van der Waals surface area contributed by atoms with Crippen molar-refractivity contribution in [1.29, 1.82) is 0 Å². The zero-order valence-electron chi connectivity index (χ0n) is 13.7. The minimum atomic E-state index is -0.242. The summed E-state index contributed by atoms with van der Waals surface area (Å²) in [6.07, 6.45) is 0. The van der Waals surface area contributed by atoms with E-state index >= 15 is 0 Å². The van der Waals surface area contributed by atoms with Crippen LogP contribution in [0.5, 0.6) is 11.5 Å². The van der Waals surface area contributed by atoms with E-state index in [1.807, 2.05) is 44.2 Å². The minimum Gasteiger partial charge on any atom is -0.493 e. The molecule has 2 aromatic rings. The number of carbonyl (C=O) groups is 1. The maximum atomic E-state index is 12.1. The second kappa shape index (κ2) is 7.45.